The minimum atomic E-state index is -0.543. The summed E-state index contributed by atoms with van der Waals surface area (Å²) in [5.74, 6) is -0.0462. The SMILES string of the molecule is O=C(Nc1cccc([N+](=O)[O-])c1)c1ccc(Cn2ccccc2=O)o1. The van der Waals surface area contributed by atoms with Gasteiger partial charge in [0, 0.05) is 30.1 Å². The highest BCUT2D eigenvalue weighted by atomic mass is 16.6. The molecular weight excluding hydrogens is 326 g/mol. The molecule has 8 heteroatoms. The molecule has 0 bridgehead atoms. The van der Waals surface area contributed by atoms with Crippen molar-refractivity contribution in [2.75, 3.05) is 5.32 Å². The van der Waals surface area contributed by atoms with Crippen molar-refractivity contribution in [2.45, 2.75) is 6.54 Å². The number of furan rings is 1. The van der Waals surface area contributed by atoms with Crippen LogP contribution in [0.1, 0.15) is 16.3 Å². The second-order valence-electron chi connectivity index (χ2n) is 5.19. The van der Waals surface area contributed by atoms with Crippen molar-refractivity contribution in [1.29, 1.82) is 0 Å². The van der Waals surface area contributed by atoms with Crippen LogP contribution in [-0.4, -0.2) is 15.4 Å². The highest BCUT2D eigenvalue weighted by molar-refractivity contribution is 6.02. The molecule has 2 heterocycles. The van der Waals surface area contributed by atoms with Crippen LogP contribution in [0.5, 0.6) is 0 Å². The number of amides is 1. The van der Waals surface area contributed by atoms with Crippen LogP contribution < -0.4 is 10.9 Å². The zero-order chi connectivity index (χ0) is 17.8. The van der Waals surface area contributed by atoms with E-state index < -0.39 is 10.8 Å². The molecule has 126 valence electrons. The Hall–Kier alpha value is -3.68. The molecule has 0 aliphatic heterocycles. The lowest BCUT2D eigenvalue weighted by Gasteiger charge is -2.03. The number of pyridine rings is 1. The van der Waals surface area contributed by atoms with E-state index >= 15 is 0 Å². The Morgan fingerprint density at radius 1 is 1.16 bits per heavy atom. The molecule has 1 amide bonds. The number of carbonyl (C=O) groups excluding carboxylic acids is 1. The number of nitro groups is 1. The van der Waals surface area contributed by atoms with Crippen molar-refractivity contribution < 1.29 is 14.1 Å². The molecule has 0 aliphatic rings. The molecule has 1 N–H and O–H groups in total. The first kappa shape index (κ1) is 16.2. The van der Waals surface area contributed by atoms with Crippen molar-refractivity contribution in [2.24, 2.45) is 0 Å². The van der Waals surface area contributed by atoms with Crippen molar-refractivity contribution in [3.05, 3.63) is 92.8 Å². The topological polar surface area (TPSA) is 107 Å². The lowest BCUT2D eigenvalue weighted by molar-refractivity contribution is -0.384. The zero-order valence-corrected chi connectivity index (χ0v) is 12.9. The molecule has 0 atom stereocenters. The number of nitrogens with zero attached hydrogens (tertiary/aromatic N) is 2. The highest BCUT2D eigenvalue weighted by Crippen LogP contribution is 2.18. The summed E-state index contributed by atoms with van der Waals surface area (Å²) in [5.41, 5.74) is -0.0145. The van der Waals surface area contributed by atoms with Crippen LogP contribution in [0, 0.1) is 10.1 Å². The Labute approximate surface area is 141 Å². The minimum absolute atomic E-state index is 0.0467. The number of benzene rings is 1. The molecule has 1 aromatic carbocycles. The monoisotopic (exact) mass is 339 g/mol. The second-order valence-corrected chi connectivity index (χ2v) is 5.19. The van der Waals surface area contributed by atoms with Gasteiger partial charge in [0.1, 0.15) is 5.76 Å². The molecule has 3 aromatic rings. The van der Waals surface area contributed by atoms with Gasteiger partial charge in [0.2, 0.25) is 0 Å². The number of rotatable bonds is 5. The van der Waals surface area contributed by atoms with Crippen LogP contribution in [0.25, 0.3) is 0 Å². The molecule has 0 radical (unpaired) electrons. The van der Waals surface area contributed by atoms with Crippen molar-refractivity contribution in [3.63, 3.8) is 0 Å². The van der Waals surface area contributed by atoms with E-state index in [1.165, 1.54) is 41.0 Å². The molecule has 0 saturated heterocycles. The summed E-state index contributed by atoms with van der Waals surface area (Å²) in [6.45, 7) is 0.198. The number of carbonyl (C=O) groups is 1. The molecule has 0 spiro atoms. The van der Waals surface area contributed by atoms with E-state index in [1.54, 1.807) is 24.4 Å². The van der Waals surface area contributed by atoms with Gasteiger partial charge in [0.05, 0.1) is 11.5 Å². The quantitative estimate of drug-likeness (QED) is 0.568. The van der Waals surface area contributed by atoms with E-state index in [2.05, 4.69) is 5.32 Å². The van der Waals surface area contributed by atoms with Gasteiger partial charge >= 0.3 is 0 Å². The van der Waals surface area contributed by atoms with E-state index in [-0.39, 0.29) is 29.2 Å². The maximum atomic E-state index is 12.2. The van der Waals surface area contributed by atoms with E-state index in [9.17, 15) is 19.7 Å². The molecule has 0 saturated carbocycles. The smallest absolute Gasteiger partial charge is 0.291 e. The fourth-order valence-electron chi connectivity index (χ4n) is 2.23. The van der Waals surface area contributed by atoms with Gasteiger partial charge in [-0.3, -0.25) is 19.7 Å². The summed E-state index contributed by atoms with van der Waals surface area (Å²) in [5, 5.41) is 13.3. The van der Waals surface area contributed by atoms with Crippen molar-refractivity contribution in [1.82, 2.24) is 4.57 Å². The van der Waals surface area contributed by atoms with Gasteiger partial charge < -0.3 is 14.3 Å². The number of nitrogens with one attached hydrogen (secondary N) is 1. The van der Waals surface area contributed by atoms with Crippen LogP contribution >= 0.6 is 0 Å². The first-order valence-corrected chi connectivity index (χ1v) is 7.33. The van der Waals surface area contributed by atoms with Gasteiger partial charge in [-0.15, -0.1) is 0 Å². The predicted molar refractivity (Wildman–Crippen MR) is 89.6 cm³/mol. The first-order chi connectivity index (χ1) is 12.0. The van der Waals surface area contributed by atoms with Crippen LogP contribution in [0.4, 0.5) is 11.4 Å². The number of hydrogen-bond acceptors (Lipinski definition) is 5. The van der Waals surface area contributed by atoms with Crippen LogP contribution in [0.2, 0.25) is 0 Å². The number of nitro benzene ring substituents is 1. The third-order valence-electron chi connectivity index (χ3n) is 3.43. The summed E-state index contributed by atoms with van der Waals surface area (Å²) in [4.78, 5) is 34.1. The van der Waals surface area contributed by atoms with E-state index in [4.69, 9.17) is 4.42 Å². The molecule has 2 aromatic heterocycles. The largest absolute Gasteiger partial charge is 0.454 e. The van der Waals surface area contributed by atoms with Crippen LogP contribution in [0.3, 0.4) is 0 Å². The summed E-state index contributed by atoms with van der Waals surface area (Å²) in [7, 11) is 0. The molecule has 3 rings (SSSR count). The number of anilines is 1. The second kappa shape index (κ2) is 6.83. The third kappa shape index (κ3) is 3.81. The van der Waals surface area contributed by atoms with Crippen molar-refractivity contribution >= 4 is 17.3 Å². The van der Waals surface area contributed by atoms with E-state index in [0.717, 1.165) is 0 Å². The summed E-state index contributed by atoms with van der Waals surface area (Å²) in [6.07, 6.45) is 1.62. The molecular formula is C17H13N3O5. The fraction of sp³-hybridized carbons (Fsp3) is 0.0588. The number of non-ortho nitro benzene ring substituents is 1. The Balaban J connectivity index is 1.73. The zero-order valence-electron chi connectivity index (χ0n) is 12.9. The van der Waals surface area contributed by atoms with Gasteiger partial charge in [-0.25, -0.2) is 0 Å². The lowest BCUT2D eigenvalue weighted by atomic mass is 10.2. The summed E-state index contributed by atoms with van der Waals surface area (Å²) < 4.78 is 6.89. The van der Waals surface area contributed by atoms with Crippen molar-refractivity contribution in [3.8, 4) is 0 Å². The van der Waals surface area contributed by atoms with Gasteiger partial charge in [-0.05, 0) is 24.3 Å². The maximum absolute atomic E-state index is 12.2. The summed E-state index contributed by atoms with van der Waals surface area (Å²) in [6, 6.07) is 13.5. The van der Waals surface area contributed by atoms with Gasteiger partial charge in [0.15, 0.2) is 5.76 Å². The standard InChI is InChI=1S/C17H13N3O5/c21-16-6-1-2-9-19(16)11-14-7-8-15(25-14)17(22)18-12-4-3-5-13(10-12)20(23)24/h1-10H,11H2,(H,18,22). The first-order valence-electron chi connectivity index (χ1n) is 7.33. The molecule has 0 aliphatic carbocycles. The molecule has 0 unspecified atom stereocenters. The fourth-order valence-corrected chi connectivity index (χ4v) is 2.23. The average Bonchev–Trinajstić information content (AvgIpc) is 3.06. The lowest BCUT2D eigenvalue weighted by Crippen LogP contribution is -2.18. The molecule has 8 nitrogen and oxygen atoms in total. The van der Waals surface area contributed by atoms with Gasteiger partial charge in [-0.2, -0.15) is 0 Å². The van der Waals surface area contributed by atoms with Gasteiger partial charge in [0.25, 0.3) is 17.2 Å². The molecule has 0 fully saturated rings. The van der Waals surface area contributed by atoms with E-state index in [0.29, 0.717) is 5.76 Å². The van der Waals surface area contributed by atoms with Crippen LogP contribution in [0.15, 0.2) is 70.0 Å². The van der Waals surface area contributed by atoms with E-state index in [1.807, 2.05) is 0 Å². The van der Waals surface area contributed by atoms with Gasteiger partial charge in [-0.1, -0.05) is 12.1 Å². The van der Waals surface area contributed by atoms with Crippen LogP contribution in [-0.2, 0) is 6.54 Å². The normalized spacial score (nSPS) is 10.4. The predicted octanol–water partition coefficient (Wildman–Crippen LogP) is 2.65. The third-order valence-corrected chi connectivity index (χ3v) is 3.43. The Bertz CT molecular complexity index is 989. The number of aromatic nitrogens is 1. The average molecular weight is 339 g/mol. The Morgan fingerprint density at radius 2 is 2.00 bits per heavy atom. The Morgan fingerprint density at radius 3 is 2.76 bits per heavy atom. The summed E-state index contributed by atoms with van der Waals surface area (Å²) >= 11 is 0. The minimum Gasteiger partial charge on any atom is -0.454 e. The maximum Gasteiger partial charge on any atom is 0.291 e. The number of hydrogen-bond donors (Lipinski definition) is 1. The Kier molecular flexibility index (Phi) is 4.42. The molecule has 25 heavy (non-hydrogen) atoms. The highest BCUT2D eigenvalue weighted by Gasteiger charge is 2.13.